The Kier molecular flexibility index (Phi) is 4.01. The van der Waals surface area contributed by atoms with Crippen molar-refractivity contribution < 1.29 is 9.18 Å². The van der Waals surface area contributed by atoms with E-state index in [-0.39, 0.29) is 6.42 Å². The first kappa shape index (κ1) is 10.3. The molecule has 2 heteroatoms. The van der Waals surface area contributed by atoms with Crippen LogP contribution < -0.4 is 0 Å². The van der Waals surface area contributed by atoms with E-state index in [1.165, 1.54) is 6.92 Å². The van der Waals surface area contributed by atoms with Gasteiger partial charge in [0.2, 0.25) is 0 Å². The standard InChI is InChI=1S/C9H14FO/c1-4-6-7-9(3,10)8(11)5-2/h2,5H,4,6-7H2,1,3H3. The maximum atomic E-state index is 13.2. The molecule has 1 unspecified atom stereocenters. The molecule has 0 bridgehead atoms. The highest BCUT2D eigenvalue weighted by Gasteiger charge is 2.29. The van der Waals surface area contributed by atoms with Gasteiger partial charge in [0.25, 0.3) is 0 Å². The topological polar surface area (TPSA) is 17.1 Å². The molecule has 1 radical (unpaired) electrons. The van der Waals surface area contributed by atoms with Crippen molar-refractivity contribution in [3.05, 3.63) is 12.7 Å². The number of carbonyl (C=O) groups excluding carboxylic acids is 1. The maximum Gasteiger partial charge on any atom is 0.192 e. The van der Waals surface area contributed by atoms with Gasteiger partial charge in [-0.2, -0.15) is 0 Å². The molecule has 0 aliphatic rings. The monoisotopic (exact) mass is 157 g/mol. The fourth-order valence-electron chi connectivity index (χ4n) is 0.806. The van der Waals surface area contributed by atoms with Crippen LogP contribution in [0.5, 0.6) is 0 Å². The molecule has 0 saturated carbocycles. The van der Waals surface area contributed by atoms with E-state index in [0.29, 0.717) is 6.42 Å². The van der Waals surface area contributed by atoms with Gasteiger partial charge in [0.05, 0.1) is 0 Å². The average molecular weight is 157 g/mol. The van der Waals surface area contributed by atoms with E-state index < -0.39 is 11.5 Å². The minimum atomic E-state index is -1.76. The molecule has 0 saturated heterocycles. The molecule has 0 fully saturated rings. The molecular weight excluding hydrogens is 143 g/mol. The van der Waals surface area contributed by atoms with Crippen LogP contribution in [0.1, 0.15) is 33.1 Å². The normalized spacial score (nSPS) is 15.5. The highest BCUT2D eigenvalue weighted by Crippen LogP contribution is 2.19. The Morgan fingerprint density at radius 3 is 2.64 bits per heavy atom. The van der Waals surface area contributed by atoms with Gasteiger partial charge in [-0.25, -0.2) is 4.39 Å². The summed E-state index contributed by atoms with van der Waals surface area (Å²) in [6.07, 6.45) is 2.66. The number of hydrogen-bond acceptors (Lipinski definition) is 1. The van der Waals surface area contributed by atoms with Crippen molar-refractivity contribution >= 4 is 5.78 Å². The van der Waals surface area contributed by atoms with E-state index in [1.807, 2.05) is 6.92 Å². The quantitative estimate of drug-likeness (QED) is 0.560. The Morgan fingerprint density at radius 1 is 1.73 bits per heavy atom. The van der Waals surface area contributed by atoms with Crippen LogP contribution >= 0.6 is 0 Å². The van der Waals surface area contributed by atoms with Crippen LogP contribution in [0.25, 0.3) is 0 Å². The first-order chi connectivity index (χ1) is 5.04. The molecule has 0 rings (SSSR count). The molecule has 0 heterocycles. The van der Waals surface area contributed by atoms with Crippen molar-refractivity contribution in [3.8, 4) is 0 Å². The lowest BCUT2D eigenvalue weighted by molar-refractivity contribution is -0.125. The zero-order chi connectivity index (χ0) is 8.91. The Balaban J connectivity index is 3.98. The van der Waals surface area contributed by atoms with E-state index in [1.54, 1.807) is 0 Å². The third-order valence-corrected chi connectivity index (χ3v) is 1.66. The summed E-state index contributed by atoms with van der Waals surface area (Å²) in [4.78, 5) is 10.8. The predicted molar refractivity (Wildman–Crippen MR) is 42.9 cm³/mol. The van der Waals surface area contributed by atoms with Crippen molar-refractivity contribution in [2.75, 3.05) is 0 Å². The Hall–Kier alpha value is -0.660. The summed E-state index contributed by atoms with van der Waals surface area (Å²) < 4.78 is 13.2. The number of hydrogen-bond donors (Lipinski definition) is 0. The lowest BCUT2D eigenvalue weighted by atomic mass is 9.96. The van der Waals surface area contributed by atoms with Crippen molar-refractivity contribution in [2.24, 2.45) is 0 Å². The van der Waals surface area contributed by atoms with E-state index in [2.05, 4.69) is 0 Å². The molecule has 0 aromatic heterocycles. The van der Waals surface area contributed by atoms with E-state index >= 15 is 0 Å². The number of alkyl halides is 1. The zero-order valence-corrected chi connectivity index (χ0v) is 7.06. The second-order valence-corrected chi connectivity index (χ2v) is 2.83. The molecule has 0 amide bonds. The smallest absolute Gasteiger partial charge is 0.192 e. The number of carbonyl (C=O) groups is 1. The van der Waals surface area contributed by atoms with Gasteiger partial charge in [-0.15, -0.1) is 0 Å². The largest absolute Gasteiger partial charge is 0.291 e. The minimum absolute atomic E-state index is 0.260. The molecule has 1 nitrogen and oxygen atoms in total. The molecule has 0 aromatic rings. The van der Waals surface area contributed by atoms with Crippen LogP contribution in [0.2, 0.25) is 0 Å². The fourth-order valence-corrected chi connectivity index (χ4v) is 0.806. The fraction of sp³-hybridized carbons (Fsp3) is 0.667. The minimum Gasteiger partial charge on any atom is -0.291 e. The van der Waals surface area contributed by atoms with Gasteiger partial charge in [0.1, 0.15) is 0 Å². The van der Waals surface area contributed by atoms with Crippen LogP contribution in [-0.4, -0.2) is 11.5 Å². The van der Waals surface area contributed by atoms with Gasteiger partial charge in [0, 0.05) is 0 Å². The summed E-state index contributed by atoms with van der Waals surface area (Å²) in [5.74, 6) is -0.619. The second-order valence-electron chi connectivity index (χ2n) is 2.83. The maximum absolute atomic E-state index is 13.2. The lowest BCUT2D eigenvalue weighted by Crippen LogP contribution is -2.28. The predicted octanol–water partition coefficient (Wildman–Crippen LogP) is 2.46. The van der Waals surface area contributed by atoms with Crippen LogP contribution in [0.4, 0.5) is 4.39 Å². The van der Waals surface area contributed by atoms with Gasteiger partial charge in [-0.05, 0) is 19.4 Å². The SMILES string of the molecule is [CH]=CC(=O)C(C)(F)CCCC. The molecule has 63 valence electrons. The molecule has 0 spiro atoms. The number of halogens is 1. The summed E-state index contributed by atoms with van der Waals surface area (Å²) in [7, 11) is 0. The lowest BCUT2D eigenvalue weighted by Gasteiger charge is -2.15. The second kappa shape index (κ2) is 4.27. The van der Waals surface area contributed by atoms with Crippen molar-refractivity contribution in [2.45, 2.75) is 38.8 Å². The molecule has 11 heavy (non-hydrogen) atoms. The van der Waals surface area contributed by atoms with Gasteiger partial charge in [-0.3, -0.25) is 4.79 Å². The van der Waals surface area contributed by atoms with Crippen molar-refractivity contribution in [1.29, 1.82) is 0 Å². The third-order valence-electron chi connectivity index (χ3n) is 1.66. The first-order valence-electron chi connectivity index (χ1n) is 3.83. The van der Waals surface area contributed by atoms with Crippen LogP contribution in [0.15, 0.2) is 6.08 Å². The van der Waals surface area contributed by atoms with Crippen LogP contribution in [0, 0.1) is 6.58 Å². The number of rotatable bonds is 5. The van der Waals surface area contributed by atoms with Crippen molar-refractivity contribution in [1.82, 2.24) is 0 Å². The van der Waals surface area contributed by atoms with E-state index in [9.17, 15) is 9.18 Å². The van der Waals surface area contributed by atoms with Gasteiger partial charge < -0.3 is 0 Å². The Morgan fingerprint density at radius 2 is 2.27 bits per heavy atom. The van der Waals surface area contributed by atoms with Gasteiger partial charge >= 0.3 is 0 Å². The number of allylic oxidation sites excluding steroid dienone is 1. The van der Waals surface area contributed by atoms with Crippen LogP contribution in [-0.2, 0) is 4.79 Å². The molecule has 0 aromatic carbocycles. The zero-order valence-electron chi connectivity index (χ0n) is 7.06. The average Bonchev–Trinajstić information content (AvgIpc) is 1.99. The summed E-state index contributed by atoms with van der Waals surface area (Å²) in [6.45, 7) is 8.14. The Labute approximate surface area is 67.3 Å². The van der Waals surface area contributed by atoms with Gasteiger partial charge in [-0.1, -0.05) is 26.3 Å². The molecule has 0 N–H and O–H groups in total. The third kappa shape index (κ3) is 3.30. The Bertz CT molecular complexity index is 150. The summed E-state index contributed by atoms with van der Waals surface area (Å²) >= 11 is 0. The number of ketones is 1. The van der Waals surface area contributed by atoms with Gasteiger partial charge in [0.15, 0.2) is 11.5 Å². The summed E-state index contributed by atoms with van der Waals surface area (Å²) in [6, 6.07) is 0. The van der Waals surface area contributed by atoms with Crippen molar-refractivity contribution in [3.63, 3.8) is 0 Å². The molecule has 1 atom stereocenters. The highest BCUT2D eigenvalue weighted by molar-refractivity contribution is 5.95. The molecule has 0 aliphatic heterocycles. The highest BCUT2D eigenvalue weighted by atomic mass is 19.1. The first-order valence-corrected chi connectivity index (χ1v) is 3.83. The van der Waals surface area contributed by atoms with Crippen LogP contribution in [0.3, 0.4) is 0 Å². The van der Waals surface area contributed by atoms with E-state index in [0.717, 1.165) is 12.5 Å². The molecular formula is C9H14FO. The van der Waals surface area contributed by atoms with E-state index in [4.69, 9.17) is 6.58 Å². The number of unbranched alkanes of at least 4 members (excludes halogenated alkanes) is 1. The molecule has 0 aliphatic carbocycles. The summed E-state index contributed by atoms with van der Waals surface area (Å²) in [5.41, 5.74) is -1.76. The summed E-state index contributed by atoms with van der Waals surface area (Å²) in [5, 5.41) is 0.